The molecule has 0 aromatic carbocycles. The van der Waals surface area contributed by atoms with Gasteiger partial charge < -0.3 is 19.2 Å². The highest BCUT2D eigenvalue weighted by Crippen LogP contribution is 2.35. The molecule has 1 saturated heterocycles. The molecule has 6 nitrogen and oxygen atoms in total. The highest BCUT2D eigenvalue weighted by molar-refractivity contribution is 6.23. The first-order valence-electron chi connectivity index (χ1n) is 10.6. The molecule has 6 heteroatoms. The molecule has 2 atom stereocenters. The van der Waals surface area contributed by atoms with Crippen LogP contribution in [0.15, 0.2) is 57.6 Å². The summed E-state index contributed by atoms with van der Waals surface area (Å²) in [4.78, 5) is 14.9. The number of aliphatic hydroxyl groups is 1. The molecular weight excluding hydrogens is 380 g/mol. The first kappa shape index (κ1) is 18.7. The van der Waals surface area contributed by atoms with Crippen molar-refractivity contribution in [2.75, 3.05) is 6.54 Å². The molecule has 2 unspecified atom stereocenters. The Balaban J connectivity index is 1.49. The van der Waals surface area contributed by atoms with Crippen LogP contribution in [0.3, 0.4) is 0 Å². The van der Waals surface area contributed by atoms with Gasteiger partial charge in [0, 0.05) is 12.6 Å². The second-order valence-corrected chi connectivity index (χ2v) is 7.68. The number of Topliss-reactive ketones (excluding diaryl/α,β-unsaturated/α-hetero) is 1. The zero-order chi connectivity index (χ0) is 20.8. The van der Waals surface area contributed by atoms with E-state index in [1.54, 1.807) is 12.2 Å². The van der Waals surface area contributed by atoms with Crippen molar-refractivity contribution in [3.05, 3.63) is 69.8 Å². The van der Waals surface area contributed by atoms with Crippen LogP contribution in [-0.2, 0) is 16.1 Å². The molecule has 1 N–H and O–H groups in total. The highest BCUT2D eigenvalue weighted by atomic mass is 16.5. The number of hydrogen-bond acceptors (Lipinski definition) is 5. The van der Waals surface area contributed by atoms with E-state index in [1.165, 1.54) is 0 Å². The number of rotatable bonds is 4. The molecule has 5 rings (SSSR count). The molecule has 0 bridgehead atoms. The Kier molecular flexibility index (Phi) is 4.50. The van der Waals surface area contributed by atoms with Crippen LogP contribution < -0.4 is 15.3 Å². The number of aliphatic hydroxyl groups excluding tert-OH is 1. The molecule has 0 spiro atoms. The second-order valence-electron chi connectivity index (χ2n) is 7.68. The smallest absolute Gasteiger partial charge is 0.374 e. The van der Waals surface area contributed by atoms with Crippen LogP contribution in [0.2, 0.25) is 0 Å². The van der Waals surface area contributed by atoms with Crippen LogP contribution in [-0.4, -0.2) is 34.5 Å². The standard InChI is InChI=1S/C24H24N2O4/c1-3-25-17-9-5-7-11-19(17)29-21(25)13-15-23(27)16(24(15)28)14-22-26(4-2)18-10-6-8-12-20(18)30-22/h5,7,9-14,17,19H,3-4,6,8H2,1-2H3/p+1. The van der Waals surface area contributed by atoms with E-state index in [0.29, 0.717) is 11.8 Å². The molecule has 0 amide bonds. The van der Waals surface area contributed by atoms with E-state index in [9.17, 15) is 9.90 Å². The van der Waals surface area contributed by atoms with Crippen molar-refractivity contribution in [3.63, 3.8) is 0 Å². The molecular formula is C24H25N2O4+. The van der Waals surface area contributed by atoms with Gasteiger partial charge in [0.05, 0.1) is 23.3 Å². The number of likely N-dealkylation sites (N-methyl/N-ethyl adjacent to an activating group) is 1. The lowest BCUT2D eigenvalue weighted by Gasteiger charge is -2.23. The van der Waals surface area contributed by atoms with E-state index >= 15 is 0 Å². The largest absolute Gasteiger partial charge is 0.506 e. The molecule has 1 aromatic rings. The second kappa shape index (κ2) is 7.20. The van der Waals surface area contributed by atoms with Gasteiger partial charge in [0.1, 0.15) is 18.4 Å². The third-order valence-corrected chi connectivity index (χ3v) is 6.01. The summed E-state index contributed by atoms with van der Waals surface area (Å²) in [5.41, 5.74) is 1.38. The van der Waals surface area contributed by atoms with Crippen molar-refractivity contribution < 1.29 is 23.6 Å². The van der Waals surface area contributed by atoms with E-state index in [0.717, 1.165) is 36.7 Å². The van der Waals surface area contributed by atoms with Crippen LogP contribution in [0.25, 0.3) is 18.2 Å². The van der Waals surface area contributed by atoms with E-state index in [-0.39, 0.29) is 34.8 Å². The molecule has 1 fully saturated rings. The predicted octanol–water partition coefficient (Wildman–Crippen LogP) is 1.78. The Morgan fingerprint density at radius 1 is 1.20 bits per heavy atom. The fourth-order valence-corrected chi connectivity index (χ4v) is 4.46. The minimum Gasteiger partial charge on any atom is -0.506 e. The summed E-state index contributed by atoms with van der Waals surface area (Å²) < 4.78 is 14.0. The maximum atomic E-state index is 12.8. The third-order valence-electron chi connectivity index (χ3n) is 6.01. The molecule has 1 aliphatic heterocycles. The van der Waals surface area contributed by atoms with Gasteiger partial charge in [0.2, 0.25) is 16.5 Å². The topological polar surface area (TPSA) is 66.8 Å². The predicted molar refractivity (Wildman–Crippen MR) is 112 cm³/mol. The lowest BCUT2D eigenvalue weighted by atomic mass is 9.87. The van der Waals surface area contributed by atoms with Gasteiger partial charge in [-0.05, 0) is 44.9 Å². The van der Waals surface area contributed by atoms with E-state index in [1.807, 2.05) is 36.6 Å². The van der Waals surface area contributed by atoms with E-state index in [4.69, 9.17) is 9.15 Å². The molecule has 0 radical (unpaired) electrons. The first-order chi connectivity index (χ1) is 14.6. The molecule has 2 heterocycles. The van der Waals surface area contributed by atoms with Crippen molar-refractivity contribution >= 4 is 24.0 Å². The van der Waals surface area contributed by atoms with Crippen LogP contribution in [0.5, 0.6) is 0 Å². The van der Waals surface area contributed by atoms with Gasteiger partial charge in [0.15, 0.2) is 5.88 Å². The lowest BCUT2D eigenvalue weighted by molar-refractivity contribution is -0.710. The average Bonchev–Trinajstić information content (AvgIpc) is 3.32. The Bertz CT molecular complexity index is 1190. The zero-order valence-electron chi connectivity index (χ0n) is 17.2. The Morgan fingerprint density at radius 2 is 2.00 bits per heavy atom. The molecule has 0 saturated carbocycles. The van der Waals surface area contributed by atoms with Crippen molar-refractivity contribution in [3.8, 4) is 0 Å². The van der Waals surface area contributed by atoms with Crippen LogP contribution in [0, 0.1) is 0 Å². The van der Waals surface area contributed by atoms with Crippen molar-refractivity contribution in [2.45, 2.75) is 45.4 Å². The van der Waals surface area contributed by atoms with Gasteiger partial charge in [-0.25, -0.2) is 0 Å². The summed E-state index contributed by atoms with van der Waals surface area (Å²) in [6, 6.07) is 0.115. The van der Waals surface area contributed by atoms with Gasteiger partial charge in [-0.15, -0.1) is 0 Å². The fourth-order valence-electron chi connectivity index (χ4n) is 4.46. The number of ether oxygens (including phenoxy) is 1. The third kappa shape index (κ3) is 2.78. The molecule has 30 heavy (non-hydrogen) atoms. The SMILES string of the molecule is CCN1/C(=C\C2=C(O)C(=C\c3oc4c([n+]3CC)=CCCC=4)/C2=O)OC2C=CC=CC21. The number of ketones is 1. The number of fused-ring (bicyclic) bond motifs is 2. The molecule has 3 aliphatic carbocycles. The van der Waals surface area contributed by atoms with Crippen LogP contribution in [0.4, 0.5) is 0 Å². The summed E-state index contributed by atoms with van der Waals surface area (Å²) in [5, 5.41) is 11.7. The number of carbonyl (C=O) groups excluding carboxylic acids is 1. The Morgan fingerprint density at radius 3 is 2.77 bits per heavy atom. The number of oxazole rings is 1. The molecule has 4 aliphatic rings. The van der Waals surface area contributed by atoms with Gasteiger partial charge in [-0.3, -0.25) is 4.79 Å². The summed E-state index contributed by atoms with van der Waals surface area (Å²) in [7, 11) is 0. The molecule has 154 valence electrons. The molecule has 1 aromatic heterocycles. The number of nitrogens with zero attached hydrogens (tertiary/aromatic N) is 2. The summed E-state index contributed by atoms with van der Waals surface area (Å²) >= 11 is 0. The number of carbonyl (C=O) groups is 1. The van der Waals surface area contributed by atoms with Crippen molar-refractivity contribution in [2.24, 2.45) is 0 Å². The fraction of sp³-hybridized carbons (Fsp3) is 0.333. The van der Waals surface area contributed by atoms with Crippen molar-refractivity contribution in [1.29, 1.82) is 0 Å². The minimum absolute atomic E-state index is 0.0157. The Hall–Kier alpha value is -3.28. The first-order valence-corrected chi connectivity index (χ1v) is 10.6. The van der Waals surface area contributed by atoms with E-state index in [2.05, 4.69) is 23.1 Å². The van der Waals surface area contributed by atoms with E-state index < -0.39 is 0 Å². The van der Waals surface area contributed by atoms with Gasteiger partial charge >= 0.3 is 5.89 Å². The highest BCUT2D eigenvalue weighted by Gasteiger charge is 2.39. The zero-order valence-corrected chi connectivity index (χ0v) is 17.2. The van der Waals surface area contributed by atoms with Gasteiger partial charge in [-0.1, -0.05) is 18.2 Å². The number of aromatic nitrogens is 1. The lowest BCUT2D eigenvalue weighted by Crippen LogP contribution is -2.53. The number of allylic oxidation sites excluding steroid dienone is 5. The van der Waals surface area contributed by atoms with Gasteiger partial charge in [0.25, 0.3) is 0 Å². The number of hydrogen-bond donors (Lipinski definition) is 1. The monoisotopic (exact) mass is 405 g/mol. The summed E-state index contributed by atoms with van der Waals surface area (Å²) in [6.07, 6.45) is 17.4. The van der Waals surface area contributed by atoms with Crippen molar-refractivity contribution in [1.82, 2.24) is 4.90 Å². The maximum Gasteiger partial charge on any atom is 0.374 e. The average molecular weight is 405 g/mol. The van der Waals surface area contributed by atoms with Gasteiger partial charge in [-0.2, -0.15) is 4.57 Å². The quantitative estimate of drug-likeness (QED) is 0.611. The minimum atomic E-state index is -0.203. The summed E-state index contributed by atoms with van der Waals surface area (Å²) in [6.45, 7) is 5.55. The van der Waals surface area contributed by atoms with Crippen LogP contribution >= 0.6 is 0 Å². The Labute approximate surface area is 174 Å². The summed E-state index contributed by atoms with van der Waals surface area (Å²) in [5.74, 6) is 0.967. The van der Waals surface area contributed by atoms with Crippen LogP contribution in [0.1, 0.15) is 32.6 Å². The maximum absolute atomic E-state index is 12.8. The normalized spacial score (nSPS) is 27.0.